The first-order valence-electron chi connectivity index (χ1n) is 7.22. The lowest BCUT2D eigenvalue weighted by molar-refractivity contribution is -0.143. The Labute approximate surface area is 126 Å². The van der Waals surface area contributed by atoms with E-state index >= 15 is 0 Å². The standard InChI is InChI=1S/C16H21NO2.ClH/c18-15(19)14-16(10-12-6-2-1-3-7-12)9-5-4-8-13(16)11-17-14;/h1-3,6-7,13-14,17H,4-5,8-11H2,(H,18,19);1H/t13-,14+,16+;/m0./s1. The molecule has 1 aliphatic heterocycles. The molecule has 1 heterocycles. The van der Waals surface area contributed by atoms with E-state index in [1.54, 1.807) is 0 Å². The van der Waals surface area contributed by atoms with Gasteiger partial charge < -0.3 is 10.4 Å². The first-order valence-corrected chi connectivity index (χ1v) is 7.22. The van der Waals surface area contributed by atoms with E-state index in [0.29, 0.717) is 5.92 Å². The topological polar surface area (TPSA) is 49.3 Å². The van der Waals surface area contributed by atoms with Crippen molar-refractivity contribution in [3.63, 3.8) is 0 Å². The van der Waals surface area contributed by atoms with Gasteiger partial charge in [0.1, 0.15) is 6.04 Å². The molecule has 3 atom stereocenters. The van der Waals surface area contributed by atoms with E-state index in [1.165, 1.54) is 18.4 Å². The van der Waals surface area contributed by atoms with Gasteiger partial charge in [-0.05, 0) is 37.3 Å². The molecule has 0 unspecified atom stereocenters. The maximum Gasteiger partial charge on any atom is 0.321 e. The number of carbonyl (C=O) groups is 1. The summed E-state index contributed by atoms with van der Waals surface area (Å²) in [4.78, 5) is 11.6. The smallest absolute Gasteiger partial charge is 0.321 e. The fourth-order valence-electron chi connectivity index (χ4n) is 4.13. The van der Waals surface area contributed by atoms with Crippen molar-refractivity contribution in [3.05, 3.63) is 35.9 Å². The minimum atomic E-state index is -0.680. The zero-order valence-electron chi connectivity index (χ0n) is 11.5. The zero-order valence-corrected chi connectivity index (χ0v) is 12.4. The number of rotatable bonds is 3. The van der Waals surface area contributed by atoms with E-state index in [2.05, 4.69) is 17.4 Å². The highest BCUT2D eigenvalue weighted by atomic mass is 35.5. The number of fused-ring (bicyclic) bond motifs is 1. The van der Waals surface area contributed by atoms with Gasteiger partial charge in [0.2, 0.25) is 0 Å². The lowest BCUT2D eigenvalue weighted by Gasteiger charge is -2.41. The molecule has 0 aromatic heterocycles. The molecular weight excluding hydrogens is 274 g/mol. The lowest BCUT2D eigenvalue weighted by atomic mass is 9.62. The summed E-state index contributed by atoms with van der Waals surface area (Å²) in [5.74, 6) is -0.164. The highest BCUT2D eigenvalue weighted by molar-refractivity contribution is 5.85. The van der Waals surface area contributed by atoms with Crippen LogP contribution in [-0.2, 0) is 11.2 Å². The number of benzene rings is 1. The predicted octanol–water partition coefficient (Wildman–Crippen LogP) is 2.88. The molecule has 2 fully saturated rings. The molecule has 0 radical (unpaired) electrons. The molecule has 3 nitrogen and oxygen atoms in total. The van der Waals surface area contributed by atoms with Crippen molar-refractivity contribution in [1.29, 1.82) is 0 Å². The molecule has 2 aliphatic rings. The number of nitrogens with one attached hydrogen (secondary N) is 1. The van der Waals surface area contributed by atoms with Crippen molar-refractivity contribution in [2.45, 2.75) is 38.1 Å². The van der Waals surface area contributed by atoms with Crippen molar-refractivity contribution in [3.8, 4) is 0 Å². The van der Waals surface area contributed by atoms with Crippen LogP contribution in [0.2, 0.25) is 0 Å². The first-order chi connectivity index (χ1) is 9.22. The maximum atomic E-state index is 11.6. The number of hydrogen-bond acceptors (Lipinski definition) is 2. The van der Waals surface area contributed by atoms with Gasteiger partial charge in [-0.1, -0.05) is 43.2 Å². The quantitative estimate of drug-likeness (QED) is 0.901. The van der Waals surface area contributed by atoms with Crippen LogP contribution < -0.4 is 5.32 Å². The molecule has 110 valence electrons. The molecule has 20 heavy (non-hydrogen) atoms. The van der Waals surface area contributed by atoms with E-state index in [1.807, 2.05) is 18.2 Å². The highest BCUT2D eigenvalue weighted by Crippen LogP contribution is 2.49. The summed E-state index contributed by atoms with van der Waals surface area (Å²) in [7, 11) is 0. The van der Waals surface area contributed by atoms with Gasteiger partial charge in [0, 0.05) is 5.41 Å². The van der Waals surface area contributed by atoms with Gasteiger partial charge >= 0.3 is 5.97 Å². The summed E-state index contributed by atoms with van der Waals surface area (Å²) in [6, 6.07) is 9.97. The number of carboxylic acids is 1. The second kappa shape index (κ2) is 6.15. The average Bonchev–Trinajstić information content (AvgIpc) is 2.78. The van der Waals surface area contributed by atoms with Crippen LogP contribution in [0.5, 0.6) is 0 Å². The molecule has 1 aromatic carbocycles. The highest BCUT2D eigenvalue weighted by Gasteiger charge is 2.53. The van der Waals surface area contributed by atoms with Gasteiger partial charge in [0.05, 0.1) is 0 Å². The Kier molecular flexibility index (Phi) is 4.71. The van der Waals surface area contributed by atoms with Gasteiger partial charge in [-0.25, -0.2) is 0 Å². The van der Waals surface area contributed by atoms with Crippen LogP contribution in [0, 0.1) is 11.3 Å². The van der Waals surface area contributed by atoms with E-state index in [-0.39, 0.29) is 23.9 Å². The van der Waals surface area contributed by atoms with Gasteiger partial charge in [0.15, 0.2) is 0 Å². The van der Waals surface area contributed by atoms with Crippen LogP contribution in [0.15, 0.2) is 30.3 Å². The fourth-order valence-corrected chi connectivity index (χ4v) is 4.13. The Balaban J connectivity index is 0.00000147. The summed E-state index contributed by atoms with van der Waals surface area (Å²) >= 11 is 0. The van der Waals surface area contributed by atoms with Crippen LogP contribution in [0.3, 0.4) is 0 Å². The molecule has 3 rings (SSSR count). The van der Waals surface area contributed by atoms with Gasteiger partial charge in [-0.15, -0.1) is 12.4 Å². The van der Waals surface area contributed by atoms with E-state index in [0.717, 1.165) is 25.8 Å². The van der Waals surface area contributed by atoms with Crippen molar-refractivity contribution in [2.75, 3.05) is 6.54 Å². The normalized spacial score (nSPS) is 32.2. The zero-order chi connectivity index (χ0) is 13.3. The Morgan fingerprint density at radius 1 is 1.30 bits per heavy atom. The van der Waals surface area contributed by atoms with Gasteiger partial charge in [-0.3, -0.25) is 4.79 Å². The van der Waals surface area contributed by atoms with Crippen molar-refractivity contribution >= 4 is 18.4 Å². The first kappa shape index (κ1) is 15.3. The largest absolute Gasteiger partial charge is 0.480 e. The molecule has 0 bridgehead atoms. The molecule has 4 heteroatoms. The Morgan fingerprint density at radius 3 is 2.75 bits per heavy atom. The lowest BCUT2D eigenvalue weighted by Crippen LogP contribution is -2.47. The average molecular weight is 296 g/mol. The van der Waals surface area contributed by atoms with Crippen molar-refractivity contribution in [1.82, 2.24) is 5.32 Å². The summed E-state index contributed by atoms with van der Waals surface area (Å²) in [6.07, 6.45) is 5.51. The summed E-state index contributed by atoms with van der Waals surface area (Å²) in [6.45, 7) is 0.865. The van der Waals surface area contributed by atoms with Crippen molar-refractivity contribution in [2.24, 2.45) is 11.3 Å². The fraction of sp³-hybridized carbons (Fsp3) is 0.562. The molecule has 1 aliphatic carbocycles. The molecule has 1 saturated heterocycles. The van der Waals surface area contributed by atoms with Gasteiger partial charge in [-0.2, -0.15) is 0 Å². The molecular formula is C16H22ClNO2. The Hall–Kier alpha value is -1.06. The SMILES string of the molecule is Cl.O=C(O)[C@H]1NC[C@@H]2CCCC[C@@]21Cc1ccccc1. The number of aliphatic carboxylic acids is 1. The Bertz CT molecular complexity index is 465. The summed E-state index contributed by atoms with van der Waals surface area (Å²) in [5, 5.41) is 12.8. The summed E-state index contributed by atoms with van der Waals surface area (Å²) in [5.41, 5.74) is 1.19. The van der Waals surface area contributed by atoms with E-state index < -0.39 is 5.97 Å². The second-order valence-corrected chi connectivity index (χ2v) is 6.02. The Morgan fingerprint density at radius 2 is 2.05 bits per heavy atom. The van der Waals surface area contributed by atoms with Crippen LogP contribution in [-0.4, -0.2) is 23.7 Å². The summed E-state index contributed by atoms with van der Waals surface area (Å²) < 4.78 is 0. The maximum absolute atomic E-state index is 11.6. The third-order valence-electron chi connectivity index (χ3n) is 5.02. The van der Waals surface area contributed by atoms with Gasteiger partial charge in [0.25, 0.3) is 0 Å². The molecule has 0 spiro atoms. The van der Waals surface area contributed by atoms with Crippen molar-refractivity contribution < 1.29 is 9.90 Å². The van der Waals surface area contributed by atoms with Crippen LogP contribution >= 0.6 is 12.4 Å². The number of halogens is 1. The third kappa shape index (κ3) is 2.57. The second-order valence-electron chi connectivity index (χ2n) is 6.02. The van der Waals surface area contributed by atoms with Crippen LogP contribution in [0.25, 0.3) is 0 Å². The van der Waals surface area contributed by atoms with Crippen LogP contribution in [0.4, 0.5) is 0 Å². The predicted molar refractivity (Wildman–Crippen MR) is 81.2 cm³/mol. The number of carboxylic acid groups (broad SMARTS) is 1. The molecule has 2 N–H and O–H groups in total. The third-order valence-corrected chi connectivity index (χ3v) is 5.02. The monoisotopic (exact) mass is 295 g/mol. The molecule has 1 aromatic rings. The molecule has 0 amide bonds. The molecule has 1 saturated carbocycles. The minimum Gasteiger partial charge on any atom is -0.480 e. The van der Waals surface area contributed by atoms with Crippen LogP contribution in [0.1, 0.15) is 31.2 Å². The van der Waals surface area contributed by atoms with E-state index in [4.69, 9.17) is 0 Å². The minimum absolute atomic E-state index is 0. The number of hydrogen-bond donors (Lipinski definition) is 2. The van der Waals surface area contributed by atoms with E-state index in [9.17, 15) is 9.90 Å².